The van der Waals surface area contributed by atoms with E-state index in [-0.39, 0.29) is 5.91 Å². The molecular weight excluding hydrogens is 234 g/mol. The zero-order valence-corrected chi connectivity index (χ0v) is 9.64. The molecule has 1 aromatic carbocycles. The van der Waals surface area contributed by atoms with Crippen LogP contribution in [-0.2, 0) is 0 Å². The normalized spacial score (nSPS) is 19.9. The largest absolute Gasteiger partial charge is 0.486 e. The van der Waals surface area contributed by atoms with Gasteiger partial charge in [0, 0.05) is 18.7 Å². The first-order valence-electron chi connectivity index (χ1n) is 5.96. The van der Waals surface area contributed by atoms with Gasteiger partial charge in [-0.2, -0.15) is 0 Å². The second kappa shape index (κ2) is 3.41. The first-order valence-corrected chi connectivity index (χ1v) is 5.96. The monoisotopic (exact) mass is 245 g/mol. The lowest BCUT2D eigenvalue weighted by Gasteiger charge is -2.28. The summed E-state index contributed by atoms with van der Waals surface area (Å²) in [6, 6.07) is 3.44. The fraction of sp³-hybridized carbons (Fsp3) is 0.308. The lowest BCUT2D eigenvalue weighted by molar-refractivity contribution is 0.0720. The van der Waals surface area contributed by atoms with Gasteiger partial charge in [-0.15, -0.1) is 0 Å². The Balaban J connectivity index is 1.85. The highest BCUT2D eigenvalue weighted by atomic mass is 16.6. The van der Waals surface area contributed by atoms with Crippen LogP contribution >= 0.6 is 0 Å². The predicted octanol–water partition coefficient (Wildman–Crippen LogP) is 1.54. The van der Waals surface area contributed by atoms with Crippen LogP contribution in [0.25, 0.3) is 0 Å². The van der Waals surface area contributed by atoms with Crippen molar-refractivity contribution in [3.8, 4) is 17.2 Å². The maximum absolute atomic E-state index is 12.3. The molecule has 0 fully saturated rings. The number of hydrogen-bond acceptors (Lipinski definition) is 4. The summed E-state index contributed by atoms with van der Waals surface area (Å²) in [6.45, 7) is 1.71. The van der Waals surface area contributed by atoms with E-state index in [4.69, 9.17) is 14.2 Å². The molecule has 0 bridgehead atoms. The van der Waals surface area contributed by atoms with Crippen LogP contribution in [0.15, 0.2) is 24.1 Å². The summed E-state index contributed by atoms with van der Waals surface area (Å²) < 4.78 is 16.7. The smallest absolute Gasteiger partial charge is 0.264 e. The molecule has 0 radical (unpaired) electrons. The quantitative estimate of drug-likeness (QED) is 0.695. The molecule has 18 heavy (non-hydrogen) atoms. The molecule has 0 unspecified atom stereocenters. The van der Waals surface area contributed by atoms with E-state index < -0.39 is 0 Å². The number of nitrogens with zero attached hydrogens (tertiary/aromatic N) is 1. The molecule has 0 saturated heterocycles. The Bertz CT molecular complexity index is 579. The van der Waals surface area contributed by atoms with Crippen molar-refractivity contribution < 1.29 is 19.0 Å². The van der Waals surface area contributed by atoms with E-state index in [0.29, 0.717) is 48.5 Å². The van der Waals surface area contributed by atoms with E-state index in [2.05, 4.69) is 0 Å². The number of fused-ring (bicyclic) bond motifs is 3. The third kappa shape index (κ3) is 1.24. The van der Waals surface area contributed by atoms with Gasteiger partial charge in [0.15, 0.2) is 17.4 Å². The van der Waals surface area contributed by atoms with Crippen LogP contribution < -0.4 is 14.2 Å². The molecule has 0 spiro atoms. The Kier molecular flexibility index (Phi) is 1.86. The minimum absolute atomic E-state index is 0.0306. The molecule has 0 atom stereocenters. The van der Waals surface area contributed by atoms with Gasteiger partial charge in [0.1, 0.15) is 19.0 Å². The van der Waals surface area contributed by atoms with Crippen LogP contribution in [0.3, 0.4) is 0 Å². The topological polar surface area (TPSA) is 48.0 Å². The maximum atomic E-state index is 12.3. The molecule has 5 heteroatoms. The third-order valence-corrected chi connectivity index (χ3v) is 3.27. The van der Waals surface area contributed by atoms with Crippen LogP contribution in [-0.4, -0.2) is 30.6 Å². The Morgan fingerprint density at radius 2 is 1.83 bits per heavy atom. The summed E-state index contributed by atoms with van der Waals surface area (Å²) >= 11 is 0. The minimum Gasteiger partial charge on any atom is -0.486 e. The summed E-state index contributed by atoms with van der Waals surface area (Å²) in [5.41, 5.74) is 0.540. The van der Waals surface area contributed by atoms with Gasteiger partial charge in [-0.3, -0.25) is 9.69 Å². The molecule has 4 rings (SSSR count). The Morgan fingerprint density at radius 3 is 2.67 bits per heavy atom. The van der Waals surface area contributed by atoms with Crippen molar-refractivity contribution in [1.29, 1.82) is 0 Å². The van der Waals surface area contributed by atoms with Gasteiger partial charge < -0.3 is 14.2 Å². The van der Waals surface area contributed by atoms with E-state index in [9.17, 15) is 4.79 Å². The zero-order chi connectivity index (χ0) is 12.1. The van der Waals surface area contributed by atoms with Gasteiger partial charge in [-0.1, -0.05) is 0 Å². The van der Waals surface area contributed by atoms with Gasteiger partial charge in [-0.25, -0.2) is 0 Å². The molecule has 5 nitrogen and oxygen atoms in total. The van der Waals surface area contributed by atoms with Crippen LogP contribution in [0.5, 0.6) is 17.2 Å². The fourth-order valence-electron chi connectivity index (χ4n) is 2.42. The molecule has 3 heterocycles. The molecule has 3 aliphatic rings. The Hall–Kier alpha value is -2.17. The number of ether oxygens (including phenoxy) is 3. The molecule has 1 amide bonds. The minimum atomic E-state index is -0.0306. The lowest BCUT2D eigenvalue weighted by Crippen LogP contribution is -2.34. The number of carbonyl (C=O) groups is 1. The summed E-state index contributed by atoms with van der Waals surface area (Å²) in [5, 5.41) is 0. The van der Waals surface area contributed by atoms with Crippen molar-refractivity contribution >= 4 is 5.91 Å². The molecule has 1 aromatic rings. The predicted molar refractivity (Wildman–Crippen MR) is 61.8 cm³/mol. The van der Waals surface area contributed by atoms with Crippen molar-refractivity contribution in [2.75, 3.05) is 19.8 Å². The van der Waals surface area contributed by atoms with E-state index in [0.717, 1.165) is 6.42 Å². The molecule has 92 valence electrons. The van der Waals surface area contributed by atoms with Crippen LogP contribution in [0.4, 0.5) is 0 Å². The van der Waals surface area contributed by atoms with Gasteiger partial charge >= 0.3 is 0 Å². The van der Waals surface area contributed by atoms with E-state index in [1.807, 2.05) is 6.08 Å². The number of rotatable bonds is 0. The van der Waals surface area contributed by atoms with Gasteiger partial charge in [0.25, 0.3) is 5.91 Å². The van der Waals surface area contributed by atoms with Crippen LogP contribution in [0.1, 0.15) is 16.8 Å². The second-order valence-electron chi connectivity index (χ2n) is 4.38. The zero-order valence-electron chi connectivity index (χ0n) is 9.64. The van der Waals surface area contributed by atoms with E-state index in [1.165, 1.54) is 0 Å². The Morgan fingerprint density at radius 1 is 1.06 bits per heavy atom. The van der Waals surface area contributed by atoms with Crippen LogP contribution in [0.2, 0.25) is 0 Å². The molecule has 0 saturated carbocycles. The second-order valence-corrected chi connectivity index (χ2v) is 4.38. The number of hydrogen-bond donors (Lipinski definition) is 0. The van der Waals surface area contributed by atoms with Gasteiger partial charge in [0.2, 0.25) is 0 Å². The highest BCUT2D eigenvalue weighted by molar-refractivity contribution is 6.00. The average molecular weight is 245 g/mol. The number of amides is 1. The highest BCUT2D eigenvalue weighted by Gasteiger charge is 2.34. The molecular formula is C13H11NO4. The van der Waals surface area contributed by atoms with Crippen molar-refractivity contribution in [2.24, 2.45) is 0 Å². The lowest BCUT2D eigenvalue weighted by atomic mass is 10.1. The van der Waals surface area contributed by atoms with Crippen molar-refractivity contribution in [1.82, 2.24) is 4.90 Å². The first kappa shape index (κ1) is 9.82. The summed E-state index contributed by atoms with van der Waals surface area (Å²) in [5.74, 6) is 2.40. The van der Waals surface area contributed by atoms with E-state index >= 15 is 0 Å². The van der Waals surface area contributed by atoms with Crippen molar-refractivity contribution in [3.63, 3.8) is 0 Å². The molecule has 0 aliphatic carbocycles. The van der Waals surface area contributed by atoms with Crippen LogP contribution in [0, 0.1) is 0 Å². The molecule has 0 N–H and O–H groups in total. The standard InChI is InChI=1S/C13H11NO4/c15-13-8-6-10-11(17-5-4-16-10)7-9(8)18-12-2-1-3-14(12)13/h2,6-7H,1,3-5H2. The molecule has 3 aliphatic heterocycles. The highest BCUT2D eigenvalue weighted by Crippen LogP contribution is 2.41. The summed E-state index contributed by atoms with van der Waals surface area (Å²) in [6.07, 6.45) is 2.76. The number of carbonyl (C=O) groups excluding carboxylic acids is 1. The Labute approximate surface area is 104 Å². The first-order chi connectivity index (χ1) is 8.83. The average Bonchev–Trinajstić information content (AvgIpc) is 2.86. The number of benzene rings is 1. The maximum Gasteiger partial charge on any atom is 0.264 e. The van der Waals surface area contributed by atoms with Crippen molar-refractivity contribution in [2.45, 2.75) is 6.42 Å². The summed E-state index contributed by atoms with van der Waals surface area (Å²) in [7, 11) is 0. The third-order valence-electron chi connectivity index (χ3n) is 3.27. The summed E-state index contributed by atoms with van der Waals surface area (Å²) in [4.78, 5) is 13.9. The van der Waals surface area contributed by atoms with Crippen molar-refractivity contribution in [3.05, 3.63) is 29.7 Å². The SMILES string of the molecule is O=C1c2cc3c(cc2OC2=CCCN12)OCCO3. The van der Waals surface area contributed by atoms with Gasteiger partial charge in [-0.05, 0) is 12.5 Å². The fourth-order valence-corrected chi connectivity index (χ4v) is 2.42. The van der Waals surface area contributed by atoms with E-state index in [1.54, 1.807) is 17.0 Å². The van der Waals surface area contributed by atoms with Gasteiger partial charge in [0.05, 0.1) is 5.56 Å². The molecule has 0 aromatic heterocycles.